The quantitative estimate of drug-likeness (QED) is 0.799. The Bertz CT molecular complexity index is 1060. The van der Waals surface area contributed by atoms with Gasteiger partial charge >= 0.3 is 0 Å². The van der Waals surface area contributed by atoms with E-state index in [1.165, 1.54) is 28.6 Å². The van der Waals surface area contributed by atoms with Gasteiger partial charge in [0.05, 0.1) is 9.79 Å². The standard InChI is InChI=1S/C20H26N2O4S2/c1-15-5-4-12-22(14-15)28(25,26)19-10-7-18(8-11-19)21-27(23,24)20-9-6-16(2)17(3)13-20/h6-11,13,15,21H,4-5,12,14H2,1-3H3/t15-/m1/s1. The van der Waals surface area contributed by atoms with Crippen molar-refractivity contribution in [2.45, 2.75) is 43.4 Å². The van der Waals surface area contributed by atoms with E-state index >= 15 is 0 Å². The summed E-state index contributed by atoms with van der Waals surface area (Å²) in [4.78, 5) is 0.352. The molecule has 1 atom stereocenters. The Labute approximate surface area is 167 Å². The molecular weight excluding hydrogens is 396 g/mol. The Balaban J connectivity index is 1.79. The molecule has 0 amide bonds. The third-order valence-corrected chi connectivity index (χ3v) is 8.41. The van der Waals surface area contributed by atoms with Gasteiger partial charge in [0.2, 0.25) is 10.0 Å². The Kier molecular flexibility index (Phi) is 5.84. The number of nitrogens with one attached hydrogen (secondary N) is 1. The average Bonchev–Trinajstić information content (AvgIpc) is 2.64. The lowest BCUT2D eigenvalue weighted by atomic mass is 10.0. The zero-order chi connectivity index (χ0) is 20.5. The number of piperidine rings is 1. The van der Waals surface area contributed by atoms with Crippen LogP contribution in [0.2, 0.25) is 0 Å². The molecule has 0 saturated carbocycles. The molecule has 0 aliphatic carbocycles. The normalized spacial score (nSPS) is 18.8. The van der Waals surface area contributed by atoms with Crippen LogP contribution in [0.5, 0.6) is 0 Å². The fourth-order valence-corrected chi connectivity index (χ4v) is 6.05. The van der Waals surface area contributed by atoms with E-state index in [1.54, 1.807) is 18.2 Å². The van der Waals surface area contributed by atoms with Gasteiger partial charge in [-0.3, -0.25) is 4.72 Å². The van der Waals surface area contributed by atoms with Crippen molar-refractivity contribution in [2.24, 2.45) is 5.92 Å². The summed E-state index contributed by atoms with van der Waals surface area (Å²) < 4.78 is 54.8. The van der Waals surface area contributed by atoms with E-state index in [2.05, 4.69) is 4.72 Å². The maximum Gasteiger partial charge on any atom is 0.261 e. The molecule has 0 bridgehead atoms. The zero-order valence-electron chi connectivity index (χ0n) is 16.3. The minimum atomic E-state index is -3.74. The summed E-state index contributed by atoms with van der Waals surface area (Å²) in [5.41, 5.74) is 2.23. The molecule has 1 heterocycles. The number of aryl methyl sites for hydroxylation is 2. The van der Waals surface area contributed by atoms with Gasteiger partial charge in [-0.15, -0.1) is 0 Å². The first-order chi connectivity index (χ1) is 13.1. The third-order valence-electron chi connectivity index (χ3n) is 5.15. The molecule has 28 heavy (non-hydrogen) atoms. The molecule has 0 spiro atoms. The number of rotatable bonds is 5. The van der Waals surface area contributed by atoms with Crippen LogP contribution in [-0.4, -0.2) is 34.2 Å². The van der Waals surface area contributed by atoms with Crippen molar-refractivity contribution in [3.8, 4) is 0 Å². The second-order valence-electron chi connectivity index (χ2n) is 7.49. The molecule has 0 aromatic heterocycles. The minimum absolute atomic E-state index is 0.176. The number of anilines is 1. The van der Waals surface area contributed by atoms with Crippen LogP contribution in [0.3, 0.4) is 0 Å². The summed E-state index contributed by atoms with van der Waals surface area (Å²) >= 11 is 0. The van der Waals surface area contributed by atoms with Gasteiger partial charge in [-0.05, 0) is 80.1 Å². The van der Waals surface area contributed by atoms with Crippen molar-refractivity contribution < 1.29 is 16.8 Å². The molecule has 3 rings (SSSR count). The van der Waals surface area contributed by atoms with E-state index in [0.717, 1.165) is 24.0 Å². The molecule has 1 aliphatic heterocycles. The van der Waals surface area contributed by atoms with Gasteiger partial charge in [-0.2, -0.15) is 4.31 Å². The lowest BCUT2D eigenvalue weighted by molar-refractivity contribution is 0.281. The van der Waals surface area contributed by atoms with Crippen LogP contribution in [0.4, 0.5) is 5.69 Å². The van der Waals surface area contributed by atoms with Crippen LogP contribution in [-0.2, 0) is 20.0 Å². The van der Waals surface area contributed by atoms with Crippen LogP contribution < -0.4 is 4.72 Å². The van der Waals surface area contributed by atoms with Crippen molar-refractivity contribution in [3.05, 3.63) is 53.6 Å². The number of hydrogen-bond acceptors (Lipinski definition) is 4. The molecule has 1 N–H and O–H groups in total. The summed E-state index contributed by atoms with van der Waals surface area (Å²) in [6.45, 7) is 6.86. The molecule has 1 aliphatic rings. The zero-order valence-corrected chi connectivity index (χ0v) is 18.0. The van der Waals surface area contributed by atoms with Crippen LogP contribution in [0.15, 0.2) is 52.3 Å². The third kappa shape index (κ3) is 4.39. The van der Waals surface area contributed by atoms with Gasteiger partial charge in [0.15, 0.2) is 0 Å². The second-order valence-corrected chi connectivity index (χ2v) is 11.1. The fourth-order valence-electron chi connectivity index (χ4n) is 3.30. The van der Waals surface area contributed by atoms with Crippen LogP contribution >= 0.6 is 0 Å². The lowest BCUT2D eigenvalue weighted by Gasteiger charge is -2.30. The maximum absolute atomic E-state index is 12.8. The summed E-state index contributed by atoms with van der Waals surface area (Å²) in [5, 5.41) is 0. The molecule has 2 aromatic rings. The van der Waals surface area contributed by atoms with Crippen molar-refractivity contribution in [3.63, 3.8) is 0 Å². The van der Waals surface area contributed by atoms with Crippen molar-refractivity contribution in [1.29, 1.82) is 0 Å². The Hall–Kier alpha value is -1.90. The maximum atomic E-state index is 12.8. The first-order valence-corrected chi connectivity index (χ1v) is 12.2. The SMILES string of the molecule is Cc1ccc(S(=O)(=O)Nc2ccc(S(=O)(=O)N3CCC[C@@H](C)C3)cc2)cc1C. The highest BCUT2D eigenvalue weighted by Crippen LogP contribution is 2.25. The average molecular weight is 423 g/mol. The first-order valence-electron chi connectivity index (χ1n) is 9.30. The first kappa shape index (κ1) is 20.8. The number of sulfonamides is 2. The van der Waals surface area contributed by atoms with E-state index in [0.29, 0.717) is 24.7 Å². The molecule has 1 fully saturated rings. The highest BCUT2D eigenvalue weighted by Gasteiger charge is 2.28. The topological polar surface area (TPSA) is 83.5 Å². The number of hydrogen-bond donors (Lipinski definition) is 1. The number of nitrogens with zero attached hydrogens (tertiary/aromatic N) is 1. The summed E-state index contributed by atoms with van der Waals surface area (Å²) in [7, 11) is -7.30. The monoisotopic (exact) mass is 422 g/mol. The molecule has 0 unspecified atom stereocenters. The lowest BCUT2D eigenvalue weighted by Crippen LogP contribution is -2.39. The van der Waals surface area contributed by atoms with Crippen molar-refractivity contribution in [2.75, 3.05) is 17.8 Å². The van der Waals surface area contributed by atoms with Crippen molar-refractivity contribution >= 4 is 25.7 Å². The van der Waals surface area contributed by atoms with Crippen LogP contribution in [0.25, 0.3) is 0 Å². The smallest absolute Gasteiger partial charge is 0.261 e. The highest BCUT2D eigenvalue weighted by atomic mass is 32.2. The molecule has 1 saturated heterocycles. The van der Waals surface area contributed by atoms with Crippen LogP contribution in [0, 0.1) is 19.8 Å². The molecule has 2 aromatic carbocycles. The van der Waals surface area contributed by atoms with E-state index in [4.69, 9.17) is 0 Å². The Morgan fingerprint density at radius 1 is 0.929 bits per heavy atom. The van der Waals surface area contributed by atoms with Gasteiger partial charge in [0.1, 0.15) is 0 Å². The van der Waals surface area contributed by atoms with E-state index in [9.17, 15) is 16.8 Å². The van der Waals surface area contributed by atoms with Crippen molar-refractivity contribution in [1.82, 2.24) is 4.31 Å². The predicted octanol–water partition coefficient (Wildman–Crippen LogP) is 3.52. The fraction of sp³-hybridized carbons (Fsp3) is 0.400. The van der Waals surface area contributed by atoms with Gasteiger partial charge < -0.3 is 0 Å². The van der Waals surface area contributed by atoms with Gasteiger partial charge in [-0.1, -0.05) is 13.0 Å². The van der Waals surface area contributed by atoms with Gasteiger partial charge in [-0.25, -0.2) is 16.8 Å². The molecule has 152 valence electrons. The second kappa shape index (κ2) is 7.85. The van der Waals surface area contributed by atoms with E-state index in [1.807, 2.05) is 20.8 Å². The summed E-state index contributed by atoms with van der Waals surface area (Å²) in [6.07, 6.45) is 1.89. The highest BCUT2D eigenvalue weighted by molar-refractivity contribution is 7.92. The summed E-state index contributed by atoms with van der Waals surface area (Å²) in [6, 6.07) is 10.8. The largest absolute Gasteiger partial charge is 0.280 e. The predicted molar refractivity (Wildman–Crippen MR) is 110 cm³/mol. The Morgan fingerprint density at radius 2 is 1.57 bits per heavy atom. The van der Waals surface area contributed by atoms with Crippen LogP contribution in [0.1, 0.15) is 30.9 Å². The summed E-state index contributed by atoms with van der Waals surface area (Å²) in [5.74, 6) is 0.340. The van der Waals surface area contributed by atoms with E-state index in [-0.39, 0.29) is 9.79 Å². The molecule has 0 radical (unpaired) electrons. The Morgan fingerprint density at radius 3 is 2.18 bits per heavy atom. The minimum Gasteiger partial charge on any atom is -0.280 e. The molecule has 8 heteroatoms. The molecular formula is C20H26N2O4S2. The number of benzene rings is 2. The van der Waals surface area contributed by atoms with E-state index < -0.39 is 20.0 Å². The van der Waals surface area contributed by atoms with Gasteiger partial charge in [0.25, 0.3) is 10.0 Å². The molecule has 6 nitrogen and oxygen atoms in total. The van der Waals surface area contributed by atoms with Gasteiger partial charge in [0, 0.05) is 18.8 Å².